The van der Waals surface area contributed by atoms with Gasteiger partial charge >= 0.3 is 6.18 Å². The maximum absolute atomic E-state index is 13.2. The molecule has 8 heteroatoms. The van der Waals surface area contributed by atoms with Gasteiger partial charge in [-0.05, 0) is 42.2 Å². The second kappa shape index (κ2) is 8.87. The maximum atomic E-state index is 13.2. The Labute approximate surface area is 172 Å². The van der Waals surface area contributed by atoms with Crippen LogP contribution in [0.3, 0.4) is 0 Å². The Morgan fingerprint density at radius 2 is 1.77 bits per heavy atom. The average Bonchev–Trinajstić information content (AvgIpc) is 2.77. The van der Waals surface area contributed by atoms with Crippen molar-refractivity contribution >= 4 is 11.8 Å². The van der Waals surface area contributed by atoms with Gasteiger partial charge in [0.2, 0.25) is 5.91 Å². The Bertz CT molecular complexity index is 922. The van der Waals surface area contributed by atoms with Crippen molar-refractivity contribution in [2.45, 2.75) is 31.0 Å². The van der Waals surface area contributed by atoms with E-state index in [0.717, 1.165) is 17.7 Å². The predicted molar refractivity (Wildman–Crippen MR) is 105 cm³/mol. The molecule has 1 aliphatic heterocycles. The summed E-state index contributed by atoms with van der Waals surface area (Å²) in [6.45, 7) is 0.733. The number of rotatable bonds is 5. The number of ether oxygens (including phenoxy) is 1. The van der Waals surface area contributed by atoms with Crippen molar-refractivity contribution in [3.05, 3.63) is 70.8 Å². The molecule has 0 unspecified atom stereocenters. The molecule has 0 aliphatic carbocycles. The fourth-order valence-corrected chi connectivity index (χ4v) is 3.68. The van der Waals surface area contributed by atoms with E-state index in [1.807, 2.05) is 0 Å². The van der Waals surface area contributed by atoms with E-state index in [1.165, 1.54) is 13.1 Å². The summed E-state index contributed by atoms with van der Waals surface area (Å²) in [5.41, 5.74) is -0.370. The van der Waals surface area contributed by atoms with Crippen LogP contribution in [0.2, 0.25) is 0 Å². The van der Waals surface area contributed by atoms with Crippen LogP contribution in [0.1, 0.15) is 39.9 Å². The molecule has 2 N–H and O–H groups in total. The Morgan fingerprint density at radius 1 is 1.07 bits per heavy atom. The van der Waals surface area contributed by atoms with E-state index >= 15 is 0 Å². The lowest BCUT2D eigenvalue weighted by Crippen LogP contribution is -2.48. The molecular formula is C22H23F3N2O3. The van der Waals surface area contributed by atoms with E-state index in [1.54, 1.807) is 30.3 Å². The molecule has 0 aromatic heterocycles. The van der Waals surface area contributed by atoms with E-state index in [2.05, 4.69) is 10.6 Å². The normalized spacial score (nSPS) is 16.0. The van der Waals surface area contributed by atoms with Gasteiger partial charge in [-0.15, -0.1) is 0 Å². The third-order valence-corrected chi connectivity index (χ3v) is 5.39. The van der Waals surface area contributed by atoms with Gasteiger partial charge in [-0.25, -0.2) is 0 Å². The number of halogens is 3. The highest BCUT2D eigenvalue weighted by Gasteiger charge is 2.43. The van der Waals surface area contributed by atoms with Crippen LogP contribution >= 0.6 is 0 Å². The summed E-state index contributed by atoms with van der Waals surface area (Å²) in [4.78, 5) is 25.0. The van der Waals surface area contributed by atoms with Crippen molar-refractivity contribution in [2.24, 2.45) is 0 Å². The van der Waals surface area contributed by atoms with Crippen molar-refractivity contribution in [1.29, 1.82) is 0 Å². The lowest BCUT2D eigenvalue weighted by Gasteiger charge is -2.36. The van der Waals surface area contributed by atoms with Crippen LogP contribution in [0, 0.1) is 0 Å². The van der Waals surface area contributed by atoms with E-state index in [9.17, 15) is 22.8 Å². The first-order valence-electron chi connectivity index (χ1n) is 9.61. The highest BCUT2D eigenvalue weighted by molar-refractivity contribution is 5.94. The van der Waals surface area contributed by atoms with Gasteiger partial charge in [0.05, 0.1) is 11.0 Å². The van der Waals surface area contributed by atoms with Gasteiger partial charge in [-0.1, -0.05) is 30.3 Å². The van der Waals surface area contributed by atoms with Gasteiger partial charge in [-0.2, -0.15) is 13.2 Å². The van der Waals surface area contributed by atoms with Crippen molar-refractivity contribution in [2.75, 3.05) is 20.3 Å². The molecule has 0 saturated carbocycles. The first kappa shape index (κ1) is 21.8. The molecule has 30 heavy (non-hydrogen) atoms. The fraction of sp³-hybridized carbons (Fsp3) is 0.364. The number of hydrogen-bond donors (Lipinski definition) is 2. The number of carbonyl (C=O) groups is 2. The third kappa shape index (κ3) is 4.64. The molecule has 0 spiro atoms. The molecule has 160 valence electrons. The lowest BCUT2D eigenvalue weighted by molar-refractivity contribution is -0.138. The Balaban J connectivity index is 1.84. The molecule has 1 fully saturated rings. The Kier molecular flexibility index (Phi) is 6.45. The largest absolute Gasteiger partial charge is 0.416 e. The van der Waals surface area contributed by atoms with Gasteiger partial charge < -0.3 is 15.4 Å². The zero-order valence-electron chi connectivity index (χ0n) is 16.5. The molecule has 0 bridgehead atoms. The summed E-state index contributed by atoms with van der Waals surface area (Å²) in [5.74, 6) is -0.594. The summed E-state index contributed by atoms with van der Waals surface area (Å²) >= 11 is 0. The number of nitrogens with one attached hydrogen (secondary N) is 2. The summed E-state index contributed by atoms with van der Waals surface area (Å²) in [6.07, 6.45) is -3.91. The van der Waals surface area contributed by atoms with Crippen molar-refractivity contribution < 1.29 is 27.5 Å². The van der Waals surface area contributed by atoms with Gasteiger partial charge in [0, 0.05) is 32.4 Å². The zero-order chi connectivity index (χ0) is 21.8. The molecule has 5 nitrogen and oxygen atoms in total. The third-order valence-electron chi connectivity index (χ3n) is 5.39. The standard InChI is InChI=1S/C22H23F3N2O3/c1-26-19(28)16-5-2-4-15(12-16)14-27-20(29)21(8-10-30-11-9-21)17-6-3-7-18(13-17)22(23,24)25/h2-7,12-13H,8-11,14H2,1H3,(H,26,28)(H,27,29). The molecule has 1 saturated heterocycles. The SMILES string of the molecule is CNC(=O)c1cccc(CNC(=O)C2(c3cccc(C(F)(F)F)c3)CCOCC2)c1. The highest BCUT2D eigenvalue weighted by atomic mass is 19.4. The van der Waals surface area contributed by atoms with E-state index in [4.69, 9.17) is 4.74 Å². The molecule has 0 atom stereocenters. The zero-order valence-corrected chi connectivity index (χ0v) is 16.5. The number of carbonyl (C=O) groups excluding carboxylic acids is 2. The predicted octanol–water partition coefficient (Wildman–Crippen LogP) is 3.43. The molecule has 3 rings (SSSR count). The molecule has 2 aromatic rings. The lowest BCUT2D eigenvalue weighted by atomic mass is 9.73. The van der Waals surface area contributed by atoms with Gasteiger partial charge in [0.25, 0.3) is 5.91 Å². The van der Waals surface area contributed by atoms with Gasteiger partial charge in [0.1, 0.15) is 0 Å². The minimum Gasteiger partial charge on any atom is -0.381 e. The maximum Gasteiger partial charge on any atom is 0.416 e. The van der Waals surface area contributed by atoms with Crippen LogP contribution in [0.15, 0.2) is 48.5 Å². The van der Waals surface area contributed by atoms with Crippen LogP contribution in [-0.4, -0.2) is 32.1 Å². The van der Waals surface area contributed by atoms with Crippen LogP contribution in [-0.2, 0) is 27.7 Å². The number of hydrogen-bond acceptors (Lipinski definition) is 3. The number of alkyl halides is 3. The minimum atomic E-state index is -4.49. The first-order valence-corrected chi connectivity index (χ1v) is 9.61. The van der Waals surface area contributed by atoms with E-state index in [0.29, 0.717) is 24.0 Å². The quantitative estimate of drug-likeness (QED) is 0.779. The second-order valence-corrected chi connectivity index (χ2v) is 7.24. The molecule has 1 aliphatic rings. The molecule has 2 amide bonds. The van der Waals surface area contributed by atoms with Gasteiger partial charge in [0.15, 0.2) is 0 Å². The topological polar surface area (TPSA) is 67.4 Å². The number of amides is 2. The number of benzene rings is 2. The smallest absolute Gasteiger partial charge is 0.381 e. The summed E-state index contributed by atoms with van der Waals surface area (Å²) in [5, 5.41) is 5.38. The van der Waals surface area contributed by atoms with Crippen LogP contribution in [0.5, 0.6) is 0 Å². The fourth-order valence-electron chi connectivity index (χ4n) is 3.68. The van der Waals surface area contributed by atoms with Crippen molar-refractivity contribution in [3.8, 4) is 0 Å². The molecule has 2 aromatic carbocycles. The van der Waals surface area contributed by atoms with Gasteiger partial charge in [-0.3, -0.25) is 9.59 Å². The van der Waals surface area contributed by atoms with E-state index in [-0.39, 0.29) is 31.6 Å². The highest BCUT2D eigenvalue weighted by Crippen LogP contribution is 2.38. The Hall–Kier alpha value is -2.87. The monoisotopic (exact) mass is 420 g/mol. The summed E-state index contributed by atoms with van der Waals surface area (Å²) in [7, 11) is 1.53. The molecule has 1 heterocycles. The van der Waals surface area contributed by atoms with Crippen molar-refractivity contribution in [3.63, 3.8) is 0 Å². The van der Waals surface area contributed by atoms with E-state index < -0.39 is 17.2 Å². The van der Waals surface area contributed by atoms with Crippen LogP contribution in [0.25, 0.3) is 0 Å². The van der Waals surface area contributed by atoms with Crippen LogP contribution < -0.4 is 10.6 Å². The first-order chi connectivity index (χ1) is 14.3. The summed E-state index contributed by atoms with van der Waals surface area (Å²) < 4.78 is 45.0. The minimum absolute atomic E-state index is 0.158. The van der Waals surface area contributed by atoms with Crippen molar-refractivity contribution in [1.82, 2.24) is 10.6 Å². The summed E-state index contributed by atoms with van der Waals surface area (Å²) in [6, 6.07) is 11.8. The molecular weight excluding hydrogens is 397 g/mol. The van der Waals surface area contributed by atoms with Crippen LogP contribution in [0.4, 0.5) is 13.2 Å². The molecule has 0 radical (unpaired) electrons. The Morgan fingerprint density at radius 3 is 2.43 bits per heavy atom. The average molecular weight is 420 g/mol. The second-order valence-electron chi connectivity index (χ2n) is 7.24.